The number of rotatable bonds is 5. The summed E-state index contributed by atoms with van der Waals surface area (Å²) in [5.74, 6) is 3.62. The number of fused-ring (bicyclic) bond motifs is 1. The van der Waals surface area contributed by atoms with Gasteiger partial charge in [0.1, 0.15) is 5.75 Å². The van der Waals surface area contributed by atoms with E-state index in [1.165, 1.54) is 55.2 Å². The van der Waals surface area contributed by atoms with Crippen LogP contribution in [-0.2, 0) is 5.41 Å². The molecule has 4 nitrogen and oxygen atoms in total. The van der Waals surface area contributed by atoms with Crippen molar-refractivity contribution >= 4 is 22.4 Å². The minimum atomic E-state index is -0.118. The van der Waals surface area contributed by atoms with E-state index in [-0.39, 0.29) is 11.3 Å². The van der Waals surface area contributed by atoms with Crippen LogP contribution in [-0.4, -0.2) is 18.0 Å². The van der Waals surface area contributed by atoms with Crippen molar-refractivity contribution < 1.29 is 9.53 Å². The largest absolute Gasteiger partial charge is 0.496 e. The molecule has 0 aliphatic heterocycles. The molecule has 3 aromatic carbocycles. The fourth-order valence-electron chi connectivity index (χ4n) is 7.95. The lowest BCUT2D eigenvalue weighted by Gasteiger charge is -2.57. The molecule has 0 unspecified atom stereocenters. The Bertz CT molecular complexity index is 1460. The first kappa shape index (κ1) is 22.5. The number of hydrogen-bond donors (Lipinski definition) is 1. The molecule has 4 heteroatoms. The predicted molar refractivity (Wildman–Crippen MR) is 148 cm³/mol. The van der Waals surface area contributed by atoms with E-state index in [0.717, 1.165) is 40.0 Å². The zero-order valence-electron chi connectivity index (χ0n) is 21.2. The number of aromatic nitrogens is 1. The Labute approximate surface area is 218 Å². The number of ether oxygens (including phenoxy) is 1. The molecule has 186 valence electrons. The SMILES string of the molecule is COc1ccc(-c2ccc3cc(C(=O)Nc4ccncc4)ccc3c2)cc1C12CC3CC(CC(C3)C1)C2. The lowest BCUT2D eigenvalue weighted by molar-refractivity contribution is -0.00613. The van der Waals surface area contributed by atoms with Gasteiger partial charge in [-0.05, 0) is 126 Å². The van der Waals surface area contributed by atoms with Crippen molar-refractivity contribution in [3.63, 3.8) is 0 Å². The lowest BCUT2D eigenvalue weighted by atomic mass is 9.48. The van der Waals surface area contributed by atoms with Gasteiger partial charge in [-0.1, -0.05) is 24.3 Å². The van der Waals surface area contributed by atoms with Crippen molar-refractivity contribution in [3.8, 4) is 16.9 Å². The molecule has 0 saturated heterocycles. The summed E-state index contributed by atoms with van der Waals surface area (Å²) in [6, 6.07) is 22.8. The average Bonchev–Trinajstić information content (AvgIpc) is 2.92. The monoisotopic (exact) mass is 488 g/mol. The second-order valence-electron chi connectivity index (χ2n) is 11.6. The summed E-state index contributed by atoms with van der Waals surface area (Å²) < 4.78 is 5.93. The minimum Gasteiger partial charge on any atom is -0.496 e. The first-order valence-corrected chi connectivity index (χ1v) is 13.5. The molecule has 8 rings (SSSR count). The molecular weight excluding hydrogens is 456 g/mol. The van der Waals surface area contributed by atoms with E-state index in [1.807, 2.05) is 25.3 Å². The van der Waals surface area contributed by atoms with E-state index >= 15 is 0 Å². The summed E-state index contributed by atoms with van der Waals surface area (Å²) in [6.07, 6.45) is 11.6. The van der Waals surface area contributed by atoms with Crippen LogP contribution in [0.4, 0.5) is 5.69 Å². The molecule has 1 amide bonds. The van der Waals surface area contributed by atoms with Crippen molar-refractivity contribution in [1.29, 1.82) is 0 Å². The molecule has 4 aliphatic carbocycles. The first-order chi connectivity index (χ1) is 18.1. The van der Waals surface area contributed by atoms with Crippen LogP contribution in [0.2, 0.25) is 0 Å². The van der Waals surface area contributed by atoms with Crippen LogP contribution in [0.5, 0.6) is 5.75 Å². The van der Waals surface area contributed by atoms with Crippen LogP contribution in [0.1, 0.15) is 54.4 Å². The van der Waals surface area contributed by atoms with Crippen molar-refractivity contribution in [2.75, 3.05) is 12.4 Å². The number of amides is 1. The molecule has 4 fully saturated rings. The fraction of sp³-hybridized carbons (Fsp3) is 0.333. The Hall–Kier alpha value is -3.66. The van der Waals surface area contributed by atoms with Gasteiger partial charge >= 0.3 is 0 Å². The average molecular weight is 489 g/mol. The zero-order chi connectivity index (χ0) is 25.0. The maximum Gasteiger partial charge on any atom is 0.255 e. The van der Waals surface area contributed by atoms with Crippen molar-refractivity contribution in [3.05, 3.63) is 90.3 Å². The highest BCUT2D eigenvalue weighted by atomic mass is 16.5. The molecule has 1 N–H and O–H groups in total. The summed E-state index contributed by atoms with van der Waals surface area (Å²) >= 11 is 0. The van der Waals surface area contributed by atoms with Gasteiger partial charge in [-0.25, -0.2) is 0 Å². The highest BCUT2D eigenvalue weighted by Crippen LogP contribution is 2.62. The van der Waals surface area contributed by atoms with Crippen LogP contribution < -0.4 is 10.1 Å². The van der Waals surface area contributed by atoms with E-state index in [2.05, 4.69) is 46.7 Å². The lowest BCUT2D eigenvalue weighted by Crippen LogP contribution is -2.48. The molecule has 1 aromatic heterocycles. The second-order valence-corrected chi connectivity index (χ2v) is 11.6. The highest BCUT2D eigenvalue weighted by Gasteiger charge is 2.52. The summed E-state index contributed by atoms with van der Waals surface area (Å²) in [7, 11) is 1.82. The number of pyridine rings is 1. The van der Waals surface area contributed by atoms with Gasteiger partial charge in [0, 0.05) is 29.2 Å². The van der Waals surface area contributed by atoms with E-state index < -0.39 is 0 Å². The topological polar surface area (TPSA) is 51.2 Å². The van der Waals surface area contributed by atoms with Crippen LogP contribution in [0.15, 0.2) is 79.1 Å². The molecule has 4 bridgehead atoms. The van der Waals surface area contributed by atoms with E-state index in [1.54, 1.807) is 24.5 Å². The normalized spacial score (nSPS) is 25.8. The van der Waals surface area contributed by atoms with Gasteiger partial charge in [0.25, 0.3) is 5.91 Å². The molecule has 0 spiro atoms. The first-order valence-electron chi connectivity index (χ1n) is 13.5. The Balaban J connectivity index is 1.20. The summed E-state index contributed by atoms with van der Waals surface area (Å²) in [6.45, 7) is 0. The van der Waals surface area contributed by atoms with Gasteiger partial charge in [-0.3, -0.25) is 9.78 Å². The predicted octanol–water partition coefficient (Wildman–Crippen LogP) is 7.63. The van der Waals surface area contributed by atoms with Gasteiger partial charge in [-0.2, -0.15) is 0 Å². The van der Waals surface area contributed by atoms with E-state index in [4.69, 9.17) is 4.74 Å². The minimum absolute atomic E-state index is 0.118. The molecule has 4 aliphatic rings. The molecule has 37 heavy (non-hydrogen) atoms. The number of nitrogens with zero attached hydrogens (tertiary/aromatic N) is 1. The Morgan fingerprint density at radius 1 is 0.811 bits per heavy atom. The Kier molecular flexibility index (Phi) is 5.31. The summed E-state index contributed by atoms with van der Waals surface area (Å²) in [4.78, 5) is 16.8. The number of benzene rings is 3. The van der Waals surface area contributed by atoms with Crippen molar-refractivity contribution in [2.24, 2.45) is 17.8 Å². The molecule has 0 radical (unpaired) electrons. The van der Waals surface area contributed by atoms with Crippen LogP contribution in [0, 0.1) is 17.8 Å². The number of hydrogen-bond acceptors (Lipinski definition) is 3. The van der Waals surface area contributed by atoms with Crippen LogP contribution in [0.3, 0.4) is 0 Å². The van der Waals surface area contributed by atoms with Crippen LogP contribution in [0.25, 0.3) is 21.9 Å². The second kappa shape index (κ2) is 8.72. The number of nitrogens with one attached hydrogen (secondary N) is 1. The summed E-state index contributed by atoms with van der Waals surface area (Å²) in [5, 5.41) is 5.13. The maximum atomic E-state index is 12.8. The smallest absolute Gasteiger partial charge is 0.255 e. The molecule has 0 atom stereocenters. The fourth-order valence-corrected chi connectivity index (χ4v) is 7.95. The third kappa shape index (κ3) is 3.99. The van der Waals surface area contributed by atoms with Gasteiger partial charge in [0.05, 0.1) is 7.11 Å². The van der Waals surface area contributed by atoms with E-state index in [9.17, 15) is 4.79 Å². The summed E-state index contributed by atoms with van der Waals surface area (Å²) in [5.41, 5.74) is 5.54. The Morgan fingerprint density at radius 2 is 1.43 bits per heavy atom. The van der Waals surface area contributed by atoms with E-state index in [0.29, 0.717) is 5.56 Å². The molecule has 4 saturated carbocycles. The molecule has 4 aromatic rings. The quantitative estimate of drug-likeness (QED) is 0.314. The van der Waals surface area contributed by atoms with Gasteiger partial charge in [-0.15, -0.1) is 0 Å². The number of carbonyl (C=O) groups is 1. The number of methoxy groups -OCH3 is 1. The third-order valence-corrected chi connectivity index (χ3v) is 9.18. The molecule has 1 heterocycles. The maximum absolute atomic E-state index is 12.8. The van der Waals surface area contributed by atoms with Crippen molar-refractivity contribution in [1.82, 2.24) is 4.98 Å². The number of anilines is 1. The van der Waals surface area contributed by atoms with Crippen molar-refractivity contribution in [2.45, 2.75) is 43.9 Å². The standard InChI is InChI=1S/C33H32N2O2/c1-37-31-7-6-27(17-30(31)33-18-21-12-22(19-33)14-23(13-21)20-33)25-2-3-26-16-28(5-4-24(26)15-25)32(36)35-29-8-10-34-11-9-29/h2-11,15-17,21-23H,12-14,18-20H2,1H3,(H,34,35,36). The van der Waals surface area contributed by atoms with Gasteiger partial charge < -0.3 is 10.1 Å². The highest BCUT2D eigenvalue weighted by molar-refractivity contribution is 6.06. The Morgan fingerprint density at radius 3 is 2.14 bits per heavy atom. The molecular formula is C33H32N2O2. The third-order valence-electron chi connectivity index (χ3n) is 9.18. The van der Waals surface area contributed by atoms with Gasteiger partial charge in [0.15, 0.2) is 0 Å². The number of carbonyl (C=O) groups excluding carboxylic acids is 1. The van der Waals surface area contributed by atoms with Gasteiger partial charge in [0.2, 0.25) is 0 Å². The zero-order valence-corrected chi connectivity index (χ0v) is 21.2. The van der Waals surface area contributed by atoms with Crippen LogP contribution >= 0.6 is 0 Å².